The van der Waals surface area contributed by atoms with Gasteiger partial charge >= 0.3 is 11.9 Å². The van der Waals surface area contributed by atoms with Crippen molar-refractivity contribution in [1.29, 1.82) is 0 Å². The summed E-state index contributed by atoms with van der Waals surface area (Å²) >= 11 is 0. The molecule has 0 spiro atoms. The van der Waals surface area contributed by atoms with Gasteiger partial charge in [-0.05, 0) is 36.5 Å². The molecule has 7 nitrogen and oxygen atoms in total. The minimum absolute atomic E-state index is 0.0669. The predicted octanol–water partition coefficient (Wildman–Crippen LogP) is 3.60. The Morgan fingerprint density at radius 3 is 2.22 bits per heavy atom. The molecule has 0 aromatic heterocycles. The van der Waals surface area contributed by atoms with Crippen molar-refractivity contribution in [3.05, 3.63) is 60.2 Å². The average Bonchev–Trinajstić information content (AvgIpc) is 2.78. The first-order valence-corrected chi connectivity index (χ1v) is 10.8. The highest BCUT2D eigenvalue weighted by Gasteiger charge is 2.25. The monoisotopic (exact) mass is 441 g/mol. The van der Waals surface area contributed by atoms with E-state index in [1.807, 2.05) is 54.6 Å². The summed E-state index contributed by atoms with van der Waals surface area (Å²) in [5, 5.41) is 11.7. The summed E-state index contributed by atoms with van der Waals surface area (Å²) in [6.07, 6.45) is 0.239. The Hall–Kier alpha value is -3.19. The van der Waals surface area contributed by atoms with E-state index in [0.717, 1.165) is 16.7 Å². The molecule has 0 bridgehead atoms. The van der Waals surface area contributed by atoms with Gasteiger partial charge in [0.05, 0.1) is 6.61 Å². The Morgan fingerprint density at radius 1 is 0.969 bits per heavy atom. The Labute approximate surface area is 188 Å². The van der Waals surface area contributed by atoms with Crippen LogP contribution in [0.15, 0.2) is 54.6 Å². The third-order valence-corrected chi connectivity index (χ3v) is 5.04. The SMILES string of the molecule is CCOC(=O)[C@@H](C[C@@H](Cc1ccc(-c2ccccc2)cc1)NC(=O)CCCC(=O)O)OC. The molecule has 2 N–H and O–H groups in total. The van der Waals surface area contributed by atoms with Gasteiger partial charge in [0, 0.05) is 32.4 Å². The molecule has 0 saturated carbocycles. The average molecular weight is 442 g/mol. The molecule has 172 valence electrons. The molecule has 32 heavy (non-hydrogen) atoms. The van der Waals surface area contributed by atoms with Gasteiger partial charge in [0.1, 0.15) is 0 Å². The second kappa shape index (κ2) is 13.3. The summed E-state index contributed by atoms with van der Waals surface area (Å²) in [4.78, 5) is 35.2. The number of ether oxygens (including phenoxy) is 2. The molecule has 2 aromatic rings. The van der Waals surface area contributed by atoms with Crippen molar-refractivity contribution in [2.45, 2.75) is 51.2 Å². The molecule has 2 rings (SSSR count). The topological polar surface area (TPSA) is 102 Å². The third kappa shape index (κ3) is 8.51. The van der Waals surface area contributed by atoms with Gasteiger partial charge in [-0.25, -0.2) is 4.79 Å². The quantitative estimate of drug-likeness (QED) is 0.461. The van der Waals surface area contributed by atoms with E-state index in [4.69, 9.17) is 14.6 Å². The van der Waals surface area contributed by atoms with E-state index >= 15 is 0 Å². The lowest BCUT2D eigenvalue weighted by Crippen LogP contribution is -2.41. The molecule has 0 saturated heterocycles. The van der Waals surface area contributed by atoms with Crippen LogP contribution in [0.25, 0.3) is 11.1 Å². The van der Waals surface area contributed by atoms with Crippen LogP contribution in [0.3, 0.4) is 0 Å². The highest BCUT2D eigenvalue weighted by Crippen LogP contribution is 2.20. The van der Waals surface area contributed by atoms with E-state index in [1.54, 1.807) is 6.92 Å². The normalized spacial score (nSPS) is 12.6. The zero-order valence-electron chi connectivity index (χ0n) is 18.6. The smallest absolute Gasteiger partial charge is 0.335 e. The van der Waals surface area contributed by atoms with Gasteiger partial charge in [-0.1, -0.05) is 54.6 Å². The van der Waals surface area contributed by atoms with Crippen LogP contribution in [0.5, 0.6) is 0 Å². The second-order valence-electron chi connectivity index (χ2n) is 7.49. The number of carboxylic acids is 1. The van der Waals surface area contributed by atoms with Crippen molar-refractivity contribution in [2.24, 2.45) is 0 Å². The van der Waals surface area contributed by atoms with E-state index in [1.165, 1.54) is 7.11 Å². The van der Waals surface area contributed by atoms with E-state index in [9.17, 15) is 14.4 Å². The van der Waals surface area contributed by atoms with Gasteiger partial charge in [-0.3, -0.25) is 9.59 Å². The van der Waals surface area contributed by atoms with Crippen molar-refractivity contribution in [3.63, 3.8) is 0 Å². The van der Waals surface area contributed by atoms with E-state index in [-0.39, 0.29) is 44.2 Å². The molecule has 2 atom stereocenters. The van der Waals surface area contributed by atoms with Gasteiger partial charge in [0.25, 0.3) is 0 Å². The minimum Gasteiger partial charge on any atom is -0.481 e. The molecular weight excluding hydrogens is 410 g/mol. The number of hydrogen-bond acceptors (Lipinski definition) is 5. The van der Waals surface area contributed by atoms with Crippen LogP contribution in [0.4, 0.5) is 0 Å². The number of esters is 1. The number of carbonyl (C=O) groups is 3. The number of hydrogen-bond donors (Lipinski definition) is 2. The van der Waals surface area contributed by atoms with Gasteiger partial charge in [0.2, 0.25) is 5.91 Å². The molecule has 7 heteroatoms. The molecule has 2 aromatic carbocycles. The summed E-state index contributed by atoms with van der Waals surface area (Å²) in [7, 11) is 1.43. The van der Waals surface area contributed by atoms with E-state index < -0.39 is 18.0 Å². The fourth-order valence-electron chi connectivity index (χ4n) is 3.42. The van der Waals surface area contributed by atoms with Crippen molar-refractivity contribution in [3.8, 4) is 11.1 Å². The lowest BCUT2D eigenvalue weighted by atomic mass is 9.97. The number of amides is 1. The molecular formula is C25H31NO6. The number of benzene rings is 2. The highest BCUT2D eigenvalue weighted by molar-refractivity contribution is 5.78. The first-order valence-electron chi connectivity index (χ1n) is 10.8. The van der Waals surface area contributed by atoms with Crippen LogP contribution in [-0.4, -0.2) is 48.8 Å². The van der Waals surface area contributed by atoms with Crippen molar-refractivity contribution in [2.75, 3.05) is 13.7 Å². The highest BCUT2D eigenvalue weighted by atomic mass is 16.6. The summed E-state index contributed by atoms with van der Waals surface area (Å²) in [6, 6.07) is 17.7. The summed E-state index contributed by atoms with van der Waals surface area (Å²) in [5.74, 6) is -1.66. The number of rotatable bonds is 13. The molecule has 0 heterocycles. The van der Waals surface area contributed by atoms with E-state index in [0.29, 0.717) is 6.42 Å². The van der Waals surface area contributed by atoms with Gasteiger partial charge in [0.15, 0.2) is 6.10 Å². The maximum Gasteiger partial charge on any atom is 0.335 e. The van der Waals surface area contributed by atoms with E-state index in [2.05, 4.69) is 5.32 Å². The number of carbonyl (C=O) groups excluding carboxylic acids is 2. The number of methoxy groups -OCH3 is 1. The summed E-state index contributed by atoms with van der Waals surface area (Å²) in [6.45, 7) is 1.96. The van der Waals surface area contributed by atoms with Crippen LogP contribution >= 0.6 is 0 Å². The zero-order chi connectivity index (χ0) is 23.3. The lowest BCUT2D eigenvalue weighted by molar-refractivity contribution is -0.155. The Balaban J connectivity index is 2.09. The number of carboxylic acid groups (broad SMARTS) is 1. The Bertz CT molecular complexity index is 866. The number of aliphatic carboxylic acids is 1. The van der Waals surface area contributed by atoms with Gasteiger partial charge < -0.3 is 19.9 Å². The van der Waals surface area contributed by atoms with Crippen molar-refractivity contribution in [1.82, 2.24) is 5.32 Å². The molecule has 0 fully saturated rings. The van der Waals surface area contributed by atoms with Crippen LogP contribution in [-0.2, 0) is 30.3 Å². The van der Waals surface area contributed by atoms with Crippen LogP contribution < -0.4 is 5.32 Å². The summed E-state index contributed by atoms with van der Waals surface area (Å²) in [5.41, 5.74) is 3.20. The minimum atomic E-state index is -0.936. The maximum atomic E-state index is 12.4. The van der Waals surface area contributed by atoms with Crippen LogP contribution in [0.1, 0.15) is 38.2 Å². The number of nitrogens with one attached hydrogen (secondary N) is 1. The fourth-order valence-corrected chi connectivity index (χ4v) is 3.42. The molecule has 1 amide bonds. The second-order valence-corrected chi connectivity index (χ2v) is 7.49. The Morgan fingerprint density at radius 2 is 1.62 bits per heavy atom. The molecule has 0 aliphatic heterocycles. The molecule has 0 radical (unpaired) electrons. The Kier molecular flexibility index (Phi) is 10.4. The fraction of sp³-hybridized carbons (Fsp3) is 0.400. The van der Waals surface area contributed by atoms with Crippen molar-refractivity contribution >= 4 is 17.8 Å². The van der Waals surface area contributed by atoms with Crippen LogP contribution in [0.2, 0.25) is 0 Å². The largest absolute Gasteiger partial charge is 0.481 e. The summed E-state index contributed by atoms with van der Waals surface area (Å²) < 4.78 is 10.4. The predicted molar refractivity (Wildman–Crippen MR) is 121 cm³/mol. The molecule has 0 aliphatic rings. The van der Waals surface area contributed by atoms with Crippen molar-refractivity contribution < 1.29 is 29.0 Å². The maximum absolute atomic E-state index is 12.4. The standard InChI is InChI=1S/C25H31NO6/c1-3-32-25(30)22(31-2)17-21(26-23(27)10-7-11-24(28)29)16-18-12-14-20(15-13-18)19-8-5-4-6-9-19/h4-6,8-9,12-15,21-22H,3,7,10-11,16-17H2,1-2H3,(H,26,27)(H,28,29)/t21-,22-/m1/s1. The lowest BCUT2D eigenvalue weighted by Gasteiger charge is -2.23. The first-order chi connectivity index (χ1) is 15.4. The van der Waals surface area contributed by atoms with Gasteiger partial charge in [-0.15, -0.1) is 0 Å². The molecule has 0 aliphatic carbocycles. The van der Waals surface area contributed by atoms with Crippen LogP contribution in [0, 0.1) is 0 Å². The zero-order valence-corrected chi connectivity index (χ0v) is 18.6. The first kappa shape index (κ1) is 25.1. The third-order valence-electron chi connectivity index (χ3n) is 5.04. The molecule has 0 unspecified atom stereocenters. The van der Waals surface area contributed by atoms with Gasteiger partial charge in [-0.2, -0.15) is 0 Å².